The van der Waals surface area contributed by atoms with Gasteiger partial charge in [0.05, 0.1) is 27.5 Å². The molecule has 3 aromatic rings. The van der Waals surface area contributed by atoms with Gasteiger partial charge in [0.25, 0.3) is 5.56 Å². The van der Waals surface area contributed by atoms with E-state index in [4.69, 9.17) is 5.73 Å². The van der Waals surface area contributed by atoms with Gasteiger partial charge in [-0.2, -0.15) is 0 Å². The first-order chi connectivity index (χ1) is 11.7. The van der Waals surface area contributed by atoms with Crippen LogP contribution in [-0.2, 0) is 9.84 Å². The number of nitrogens with two attached hydrogens (primary N) is 1. The predicted molar refractivity (Wildman–Crippen MR) is 93.0 cm³/mol. The molecule has 1 aromatic heterocycles. The van der Waals surface area contributed by atoms with Crippen LogP contribution in [0.4, 0.5) is 4.39 Å². The zero-order valence-corrected chi connectivity index (χ0v) is 14.4. The van der Waals surface area contributed by atoms with E-state index in [-0.39, 0.29) is 27.3 Å². The highest BCUT2D eigenvalue weighted by atomic mass is 32.2. The Labute approximate surface area is 143 Å². The average molecular weight is 361 g/mol. The molecule has 2 aromatic carbocycles. The normalized spacial score (nSPS) is 13.1. The highest BCUT2D eigenvalue weighted by Crippen LogP contribution is 2.23. The first-order valence-electron chi connectivity index (χ1n) is 7.48. The van der Waals surface area contributed by atoms with Crippen LogP contribution in [0.5, 0.6) is 0 Å². The van der Waals surface area contributed by atoms with Crippen molar-refractivity contribution in [2.45, 2.75) is 17.9 Å². The monoisotopic (exact) mass is 361 g/mol. The Kier molecular flexibility index (Phi) is 4.18. The van der Waals surface area contributed by atoms with E-state index < -0.39 is 27.3 Å². The molecule has 0 fully saturated rings. The van der Waals surface area contributed by atoms with E-state index in [1.807, 2.05) is 0 Å². The number of aromatic nitrogens is 2. The number of sulfone groups is 1. The maximum atomic E-state index is 14.3. The Bertz CT molecular complexity index is 1140. The van der Waals surface area contributed by atoms with Gasteiger partial charge in [-0.3, -0.25) is 9.36 Å². The second kappa shape index (κ2) is 6.05. The fourth-order valence-electron chi connectivity index (χ4n) is 2.70. The van der Waals surface area contributed by atoms with Gasteiger partial charge >= 0.3 is 0 Å². The minimum atomic E-state index is -3.67. The third-order valence-corrected chi connectivity index (χ3v) is 4.92. The third kappa shape index (κ3) is 2.94. The maximum Gasteiger partial charge on any atom is 0.267 e. The SMILES string of the molecule is C[C@H](N)c1nc2cccc(S(C)(=O)=O)c2c(=O)n1-c1ccccc1F. The van der Waals surface area contributed by atoms with Gasteiger partial charge in [-0.15, -0.1) is 0 Å². The van der Waals surface area contributed by atoms with E-state index in [0.717, 1.165) is 10.8 Å². The number of rotatable bonds is 3. The molecule has 0 radical (unpaired) electrons. The summed E-state index contributed by atoms with van der Waals surface area (Å²) in [5.41, 5.74) is 5.42. The second-order valence-electron chi connectivity index (χ2n) is 5.77. The van der Waals surface area contributed by atoms with Crippen molar-refractivity contribution in [3.8, 4) is 5.69 Å². The van der Waals surface area contributed by atoms with Crippen LogP contribution in [0.15, 0.2) is 52.2 Å². The van der Waals surface area contributed by atoms with Crippen molar-refractivity contribution >= 4 is 20.7 Å². The van der Waals surface area contributed by atoms with Crippen molar-refractivity contribution in [3.05, 3.63) is 64.5 Å². The molecule has 0 aliphatic heterocycles. The number of nitrogens with zero attached hydrogens (tertiary/aromatic N) is 2. The van der Waals surface area contributed by atoms with Gasteiger partial charge in [0.2, 0.25) is 0 Å². The minimum Gasteiger partial charge on any atom is -0.322 e. The first kappa shape index (κ1) is 17.2. The lowest BCUT2D eigenvalue weighted by Crippen LogP contribution is -2.29. The summed E-state index contributed by atoms with van der Waals surface area (Å²) in [7, 11) is -3.67. The molecule has 0 spiro atoms. The molecule has 130 valence electrons. The molecule has 0 saturated heterocycles. The summed E-state index contributed by atoms with van der Waals surface area (Å²) < 4.78 is 39.4. The summed E-state index contributed by atoms with van der Waals surface area (Å²) >= 11 is 0. The smallest absolute Gasteiger partial charge is 0.267 e. The first-order valence-corrected chi connectivity index (χ1v) is 9.37. The molecular weight excluding hydrogens is 345 g/mol. The van der Waals surface area contributed by atoms with Crippen LogP contribution in [0.3, 0.4) is 0 Å². The Morgan fingerprint density at radius 1 is 1.16 bits per heavy atom. The molecule has 0 aliphatic carbocycles. The van der Waals surface area contributed by atoms with E-state index in [0.29, 0.717) is 0 Å². The highest BCUT2D eigenvalue weighted by molar-refractivity contribution is 7.91. The zero-order valence-electron chi connectivity index (χ0n) is 13.6. The molecule has 25 heavy (non-hydrogen) atoms. The van der Waals surface area contributed by atoms with Crippen molar-refractivity contribution in [3.63, 3.8) is 0 Å². The summed E-state index contributed by atoms with van der Waals surface area (Å²) in [4.78, 5) is 17.3. The van der Waals surface area contributed by atoms with Gasteiger partial charge in [-0.1, -0.05) is 18.2 Å². The quantitative estimate of drug-likeness (QED) is 0.769. The number of halogens is 1. The van der Waals surface area contributed by atoms with E-state index in [1.54, 1.807) is 13.0 Å². The van der Waals surface area contributed by atoms with Gasteiger partial charge < -0.3 is 5.73 Å². The van der Waals surface area contributed by atoms with Crippen molar-refractivity contribution in [1.82, 2.24) is 9.55 Å². The van der Waals surface area contributed by atoms with Crippen LogP contribution in [0.25, 0.3) is 16.6 Å². The summed E-state index contributed by atoms with van der Waals surface area (Å²) in [6.07, 6.45) is 1.01. The molecule has 0 unspecified atom stereocenters. The Hall–Kier alpha value is -2.58. The number of hydrogen-bond acceptors (Lipinski definition) is 5. The van der Waals surface area contributed by atoms with Crippen LogP contribution >= 0.6 is 0 Å². The molecular formula is C17H16FN3O3S. The average Bonchev–Trinajstić information content (AvgIpc) is 2.54. The van der Waals surface area contributed by atoms with E-state index in [9.17, 15) is 17.6 Å². The molecule has 0 saturated carbocycles. The zero-order chi connectivity index (χ0) is 18.4. The Morgan fingerprint density at radius 3 is 2.44 bits per heavy atom. The maximum absolute atomic E-state index is 14.3. The highest BCUT2D eigenvalue weighted by Gasteiger charge is 2.22. The molecule has 2 N–H and O–H groups in total. The molecule has 8 heteroatoms. The molecule has 1 atom stereocenters. The van der Waals surface area contributed by atoms with Crippen molar-refractivity contribution in [2.75, 3.05) is 6.26 Å². The van der Waals surface area contributed by atoms with Crippen LogP contribution in [-0.4, -0.2) is 24.2 Å². The summed E-state index contributed by atoms with van der Waals surface area (Å²) in [5, 5.41) is -0.0855. The molecule has 3 rings (SSSR count). The number of benzene rings is 2. The lowest BCUT2D eigenvalue weighted by atomic mass is 10.2. The summed E-state index contributed by atoms with van der Waals surface area (Å²) in [6.45, 7) is 1.62. The fraction of sp³-hybridized carbons (Fsp3) is 0.176. The van der Waals surface area contributed by atoms with Gasteiger partial charge in [0.15, 0.2) is 9.84 Å². The lowest BCUT2D eigenvalue weighted by molar-refractivity contribution is 0.601. The van der Waals surface area contributed by atoms with Crippen LogP contribution < -0.4 is 11.3 Å². The molecule has 6 nitrogen and oxygen atoms in total. The number of hydrogen-bond donors (Lipinski definition) is 1. The second-order valence-corrected chi connectivity index (χ2v) is 7.76. The van der Waals surface area contributed by atoms with E-state index in [1.165, 1.54) is 36.4 Å². The molecule has 1 heterocycles. The van der Waals surface area contributed by atoms with Crippen LogP contribution in [0.2, 0.25) is 0 Å². The topological polar surface area (TPSA) is 95.1 Å². The number of para-hydroxylation sites is 1. The summed E-state index contributed by atoms with van der Waals surface area (Å²) in [5.74, 6) is -0.488. The number of fused-ring (bicyclic) bond motifs is 1. The Balaban J connectivity index is 2.56. The largest absolute Gasteiger partial charge is 0.322 e. The van der Waals surface area contributed by atoms with E-state index in [2.05, 4.69) is 4.98 Å². The fourth-order valence-corrected chi connectivity index (χ4v) is 3.59. The lowest BCUT2D eigenvalue weighted by Gasteiger charge is -2.17. The van der Waals surface area contributed by atoms with Gasteiger partial charge in [-0.05, 0) is 31.2 Å². The standard InChI is InChI=1S/C17H16FN3O3S/c1-10(19)16-20-12-7-5-9-14(25(2,23)24)15(12)17(22)21(16)13-8-4-3-6-11(13)18/h3-10H,19H2,1-2H3/t10-/m0/s1. The van der Waals surface area contributed by atoms with Crippen molar-refractivity contribution < 1.29 is 12.8 Å². The van der Waals surface area contributed by atoms with E-state index >= 15 is 0 Å². The Morgan fingerprint density at radius 2 is 1.84 bits per heavy atom. The minimum absolute atomic E-state index is 0.0301. The van der Waals surface area contributed by atoms with Crippen LogP contribution in [0, 0.1) is 5.82 Å². The van der Waals surface area contributed by atoms with Gasteiger partial charge in [0, 0.05) is 6.26 Å². The molecule has 0 aliphatic rings. The van der Waals surface area contributed by atoms with Crippen LogP contribution in [0.1, 0.15) is 18.8 Å². The molecule has 0 amide bonds. The predicted octanol–water partition coefficient (Wildman–Crippen LogP) is 1.95. The van der Waals surface area contributed by atoms with Crippen molar-refractivity contribution in [1.29, 1.82) is 0 Å². The van der Waals surface area contributed by atoms with Gasteiger partial charge in [-0.25, -0.2) is 17.8 Å². The molecule has 0 bridgehead atoms. The van der Waals surface area contributed by atoms with Gasteiger partial charge in [0.1, 0.15) is 11.6 Å². The summed E-state index contributed by atoms with van der Waals surface area (Å²) in [6, 6.07) is 9.39. The third-order valence-electron chi connectivity index (χ3n) is 3.79. The van der Waals surface area contributed by atoms with Crippen molar-refractivity contribution in [2.24, 2.45) is 5.73 Å².